The second-order valence-corrected chi connectivity index (χ2v) is 9.74. The van der Waals surface area contributed by atoms with Crippen molar-refractivity contribution in [3.05, 3.63) is 33.4 Å². The number of aromatic nitrogens is 2. The van der Waals surface area contributed by atoms with Crippen molar-refractivity contribution >= 4 is 68.9 Å². The maximum atomic E-state index is 14.0. The number of hydrogen-bond acceptors (Lipinski definition) is 5. The van der Waals surface area contributed by atoms with Crippen LogP contribution in [0.1, 0.15) is 18.2 Å². The monoisotopic (exact) mass is 554 g/mol. The molecule has 1 atom stereocenters. The van der Waals surface area contributed by atoms with Crippen LogP contribution in [0, 0.1) is 11.3 Å². The van der Waals surface area contributed by atoms with E-state index in [0.717, 1.165) is 0 Å². The molecule has 0 saturated heterocycles. The second-order valence-electron chi connectivity index (χ2n) is 5.74. The first-order valence-corrected chi connectivity index (χ1v) is 10.8. The fourth-order valence-corrected chi connectivity index (χ4v) is 4.25. The molecule has 1 aromatic carbocycles. The van der Waals surface area contributed by atoms with E-state index >= 15 is 0 Å². The number of carbonyl (C=O) groups excluding carboxylic acids is 1. The zero-order chi connectivity index (χ0) is 24.4. The molecule has 0 bridgehead atoms. The Kier molecular flexibility index (Phi) is 8.41. The van der Waals surface area contributed by atoms with E-state index in [4.69, 9.17) is 51.1 Å². The molecule has 0 fully saturated rings. The van der Waals surface area contributed by atoms with E-state index in [1.165, 1.54) is 6.07 Å². The molecular weight excluding hydrogens is 546 g/mol. The second kappa shape index (κ2) is 10.1. The van der Waals surface area contributed by atoms with E-state index in [0.29, 0.717) is 16.8 Å². The van der Waals surface area contributed by atoms with Crippen LogP contribution in [0.3, 0.4) is 0 Å². The number of halogens is 8. The number of nitrogens with one attached hydrogen (secondary N) is 1. The standard InChI is InChI=1S/C16H10Cl4F4N4O3S/c1-2-31-6-11(29)26-14-13(32(30)16(19,20)24)10(5-25)27-28(14)12-8(17)3-7(4-9(12)18)15(21,22)23/h3-4H,2,6H2,1H3,(H,26,29). The van der Waals surface area contributed by atoms with Crippen LogP contribution in [0.2, 0.25) is 10.0 Å². The lowest BCUT2D eigenvalue weighted by atomic mass is 10.2. The summed E-state index contributed by atoms with van der Waals surface area (Å²) in [6, 6.07) is 2.54. The van der Waals surface area contributed by atoms with Crippen molar-refractivity contribution in [2.75, 3.05) is 18.5 Å². The molecule has 2 rings (SSSR count). The smallest absolute Gasteiger partial charge is 0.372 e. The van der Waals surface area contributed by atoms with Gasteiger partial charge < -0.3 is 10.1 Å². The molecule has 1 amide bonds. The van der Waals surface area contributed by atoms with Crippen molar-refractivity contribution in [1.82, 2.24) is 9.78 Å². The molecule has 0 aliphatic carbocycles. The summed E-state index contributed by atoms with van der Waals surface area (Å²) in [5.41, 5.74) is -2.34. The maximum absolute atomic E-state index is 14.0. The van der Waals surface area contributed by atoms with Gasteiger partial charge in [0.1, 0.15) is 34.1 Å². The Morgan fingerprint density at radius 2 is 1.84 bits per heavy atom. The number of anilines is 1. The summed E-state index contributed by atoms with van der Waals surface area (Å²) in [7, 11) is -2.99. The SMILES string of the molecule is CCOCC(=O)Nc1c(S(=O)C(F)(Cl)Cl)c(C#N)nn1-c1c(Cl)cc(C(F)(F)F)cc1Cl. The summed E-state index contributed by atoms with van der Waals surface area (Å²) >= 11 is 22.5. The van der Waals surface area contributed by atoms with Crippen LogP contribution in [0.4, 0.5) is 23.4 Å². The Hall–Kier alpha value is -1.62. The van der Waals surface area contributed by atoms with Crippen molar-refractivity contribution in [3.63, 3.8) is 0 Å². The molecule has 1 aromatic heterocycles. The van der Waals surface area contributed by atoms with Crippen molar-refractivity contribution < 1.29 is 31.3 Å². The van der Waals surface area contributed by atoms with Gasteiger partial charge in [0.25, 0.3) is 5.91 Å². The van der Waals surface area contributed by atoms with E-state index in [9.17, 15) is 31.8 Å². The van der Waals surface area contributed by atoms with E-state index in [1.54, 1.807) is 6.92 Å². The Balaban J connectivity index is 2.81. The number of rotatable bonds is 7. The first-order valence-electron chi connectivity index (χ1n) is 8.18. The van der Waals surface area contributed by atoms with Gasteiger partial charge in [0.2, 0.25) is 0 Å². The molecule has 0 aliphatic rings. The first-order chi connectivity index (χ1) is 14.7. The zero-order valence-electron chi connectivity index (χ0n) is 15.6. The molecular formula is C16H10Cl4F4N4O3S. The molecule has 0 spiro atoms. The molecule has 1 N–H and O–H groups in total. The van der Waals surface area contributed by atoms with Crippen molar-refractivity contribution in [2.24, 2.45) is 0 Å². The van der Waals surface area contributed by atoms with Crippen molar-refractivity contribution in [2.45, 2.75) is 21.9 Å². The first kappa shape index (κ1) is 26.6. The van der Waals surface area contributed by atoms with Gasteiger partial charge in [-0.05, 0) is 19.1 Å². The van der Waals surface area contributed by atoms with E-state index in [1.807, 2.05) is 0 Å². The lowest BCUT2D eigenvalue weighted by molar-refractivity contribution is -0.137. The highest BCUT2D eigenvalue weighted by Gasteiger charge is 2.40. The van der Waals surface area contributed by atoms with Crippen molar-refractivity contribution in [3.8, 4) is 11.8 Å². The van der Waals surface area contributed by atoms with Crippen LogP contribution >= 0.6 is 46.4 Å². The molecule has 1 heterocycles. The quantitative estimate of drug-likeness (QED) is 0.373. The van der Waals surface area contributed by atoms with E-state index < -0.39 is 71.1 Å². The Morgan fingerprint density at radius 3 is 2.28 bits per heavy atom. The van der Waals surface area contributed by atoms with Gasteiger partial charge in [0.05, 0.1) is 15.6 Å². The number of nitrogens with zero attached hydrogens (tertiary/aromatic N) is 3. The highest BCUT2D eigenvalue weighted by atomic mass is 35.5. The van der Waals surface area contributed by atoms with E-state index in [-0.39, 0.29) is 6.61 Å². The molecule has 32 heavy (non-hydrogen) atoms. The largest absolute Gasteiger partial charge is 0.416 e. The predicted molar refractivity (Wildman–Crippen MR) is 110 cm³/mol. The van der Waals surface area contributed by atoms with Crippen LogP contribution in [-0.4, -0.2) is 37.0 Å². The van der Waals surface area contributed by atoms with Gasteiger partial charge in [-0.15, -0.1) is 0 Å². The van der Waals surface area contributed by atoms with Gasteiger partial charge in [-0.25, -0.2) is 8.89 Å². The summed E-state index contributed by atoms with van der Waals surface area (Å²) in [6.45, 7) is 1.21. The van der Waals surface area contributed by atoms with Crippen LogP contribution in [-0.2, 0) is 26.5 Å². The van der Waals surface area contributed by atoms with Gasteiger partial charge in [0, 0.05) is 6.61 Å². The average Bonchev–Trinajstić information content (AvgIpc) is 3.01. The van der Waals surface area contributed by atoms with Gasteiger partial charge in [0.15, 0.2) is 11.5 Å². The highest BCUT2D eigenvalue weighted by molar-refractivity contribution is 7.89. The number of carbonyl (C=O) groups is 1. The number of alkyl halides is 6. The lowest BCUT2D eigenvalue weighted by Crippen LogP contribution is -2.23. The molecule has 0 saturated carbocycles. The van der Waals surface area contributed by atoms with Crippen LogP contribution in [0.15, 0.2) is 17.0 Å². The third-order valence-corrected chi connectivity index (χ3v) is 6.19. The lowest BCUT2D eigenvalue weighted by Gasteiger charge is -2.16. The van der Waals surface area contributed by atoms with Gasteiger partial charge >= 0.3 is 10.1 Å². The van der Waals surface area contributed by atoms with Crippen molar-refractivity contribution in [1.29, 1.82) is 5.26 Å². The Labute approximate surface area is 200 Å². The number of amides is 1. The number of ether oxygens (including phenoxy) is 1. The molecule has 7 nitrogen and oxygen atoms in total. The maximum Gasteiger partial charge on any atom is 0.416 e. The highest BCUT2D eigenvalue weighted by Crippen LogP contribution is 2.42. The molecule has 1 unspecified atom stereocenters. The third kappa shape index (κ3) is 5.84. The van der Waals surface area contributed by atoms with Crippen LogP contribution in [0.5, 0.6) is 0 Å². The molecule has 16 heteroatoms. The van der Waals surface area contributed by atoms with Crippen LogP contribution < -0.4 is 5.32 Å². The molecule has 174 valence electrons. The number of benzene rings is 1. The normalized spacial score (nSPS) is 13.0. The molecule has 0 aliphatic heterocycles. The van der Waals surface area contributed by atoms with E-state index in [2.05, 4.69) is 10.4 Å². The summed E-state index contributed by atoms with van der Waals surface area (Å²) < 4.78 is 67.8. The summed E-state index contributed by atoms with van der Waals surface area (Å²) in [4.78, 5) is 11.4. The minimum absolute atomic E-state index is 0.141. The summed E-state index contributed by atoms with van der Waals surface area (Å²) in [5, 5.41) is 14.1. The Morgan fingerprint density at radius 1 is 1.28 bits per heavy atom. The molecule has 0 radical (unpaired) electrons. The third-order valence-electron chi connectivity index (χ3n) is 3.59. The minimum atomic E-state index is -4.79. The summed E-state index contributed by atoms with van der Waals surface area (Å²) in [6.07, 6.45) is -4.79. The fourth-order valence-electron chi connectivity index (χ4n) is 2.33. The molecule has 2 aromatic rings. The zero-order valence-corrected chi connectivity index (χ0v) is 19.4. The average molecular weight is 556 g/mol. The fraction of sp³-hybridized carbons (Fsp3) is 0.312. The minimum Gasteiger partial charge on any atom is -0.372 e. The predicted octanol–water partition coefficient (Wildman–Crippen LogP) is 5.21. The van der Waals surface area contributed by atoms with Crippen LogP contribution in [0.25, 0.3) is 5.69 Å². The number of hydrogen-bond donors (Lipinski definition) is 1. The van der Waals surface area contributed by atoms with Gasteiger partial charge in [-0.2, -0.15) is 27.9 Å². The summed E-state index contributed by atoms with van der Waals surface area (Å²) in [5.74, 6) is -1.49. The number of nitriles is 1. The van der Waals surface area contributed by atoms with Gasteiger partial charge in [-0.1, -0.05) is 46.4 Å². The topological polar surface area (TPSA) is 97.0 Å². The van der Waals surface area contributed by atoms with Gasteiger partial charge in [-0.3, -0.25) is 4.79 Å². The Bertz CT molecular complexity index is 1090.